The van der Waals surface area contributed by atoms with Crippen LogP contribution >= 0.6 is 0 Å². The zero-order valence-electron chi connectivity index (χ0n) is 13.6. The molecular weight excluding hydrogens is 358 g/mol. The van der Waals surface area contributed by atoms with Gasteiger partial charge >= 0.3 is 6.61 Å². The fourth-order valence-electron chi connectivity index (χ4n) is 2.63. The molecule has 0 saturated heterocycles. The van der Waals surface area contributed by atoms with Gasteiger partial charge in [0, 0.05) is 24.2 Å². The Hall–Kier alpha value is -3.82. The number of nitrogens with one attached hydrogen (secondary N) is 2. The summed E-state index contributed by atoms with van der Waals surface area (Å²) < 4.78 is 31.3. The summed E-state index contributed by atoms with van der Waals surface area (Å²) in [5.41, 5.74) is 1.54. The van der Waals surface area contributed by atoms with Crippen molar-refractivity contribution in [3.63, 3.8) is 0 Å². The molecule has 0 aliphatic heterocycles. The summed E-state index contributed by atoms with van der Waals surface area (Å²) in [6.07, 6.45) is 6.06. The molecule has 0 unspecified atom stereocenters. The van der Waals surface area contributed by atoms with Crippen molar-refractivity contribution in [2.45, 2.75) is 6.61 Å². The second-order valence-electron chi connectivity index (χ2n) is 5.42. The molecule has 0 spiro atoms. The van der Waals surface area contributed by atoms with E-state index in [0.29, 0.717) is 16.9 Å². The van der Waals surface area contributed by atoms with Crippen LogP contribution in [0.5, 0.6) is 5.75 Å². The van der Waals surface area contributed by atoms with Gasteiger partial charge in [-0.25, -0.2) is 9.50 Å². The van der Waals surface area contributed by atoms with Crippen molar-refractivity contribution in [2.75, 3.05) is 5.32 Å². The van der Waals surface area contributed by atoms with Crippen LogP contribution in [0.25, 0.3) is 16.9 Å². The number of fused-ring (bicyclic) bond motifs is 1. The van der Waals surface area contributed by atoms with Gasteiger partial charge in [-0.3, -0.25) is 9.89 Å². The van der Waals surface area contributed by atoms with Gasteiger partial charge in [-0.15, -0.1) is 0 Å². The molecule has 0 aliphatic carbocycles. The molecule has 0 radical (unpaired) electrons. The fourth-order valence-corrected chi connectivity index (χ4v) is 2.63. The number of halogens is 2. The largest absolute Gasteiger partial charge is 0.434 e. The van der Waals surface area contributed by atoms with Crippen LogP contribution in [0.2, 0.25) is 0 Å². The fraction of sp³-hybridized carbons (Fsp3) is 0.0588. The molecule has 0 fully saturated rings. The molecular formula is C17H12F2N6O2. The van der Waals surface area contributed by atoms with Crippen molar-refractivity contribution in [3.05, 3.63) is 60.7 Å². The van der Waals surface area contributed by atoms with Crippen molar-refractivity contribution >= 4 is 17.2 Å². The van der Waals surface area contributed by atoms with Crippen molar-refractivity contribution in [2.24, 2.45) is 0 Å². The highest BCUT2D eigenvalue weighted by Crippen LogP contribution is 2.34. The lowest BCUT2D eigenvalue weighted by atomic mass is 10.1. The number of rotatable bonds is 5. The maximum Gasteiger partial charge on any atom is 0.387 e. The average Bonchev–Trinajstić information content (AvgIpc) is 3.28. The molecule has 0 atom stereocenters. The number of hydrogen-bond donors (Lipinski definition) is 2. The molecule has 0 aliphatic rings. The molecule has 27 heavy (non-hydrogen) atoms. The molecule has 2 N–H and O–H groups in total. The molecule has 3 heterocycles. The number of H-pyrrole nitrogens is 1. The standard InChI is InChI=1S/C17H12F2N6O2/c18-17(19)27-13-5-2-1-4-10(13)14-12(9-21-24-14)23-16(26)11-8-22-25-7-3-6-20-15(11)25/h1-9,17H,(H,21,24)(H,23,26). The number of aromatic amines is 1. The number of carbonyl (C=O) groups excluding carboxylic acids is 1. The van der Waals surface area contributed by atoms with Gasteiger partial charge in [0.1, 0.15) is 17.0 Å². The van der Waals surface area contributed by atoms with Gasteiger partial charge < -0.3 is 10.1 Å². The molecule has 3 aromatic heterocycles. The number of anilines is 1. The van der Waals surface area contributed by atoms with Gasteiger partial charge in [-0.05, 0) is 18.2 Å². The van der Waals surface area contributed by atoms with Crippen LogP contribution in [0.3, 0.4) is 0 Å². The topological polar surface area (TPSA) is 97.2 Å². The minimum absolute atomic E-state index is 0.0484. The summed E-state index contributed by atoms with van der Waals surface area (Å²) in [5, 5.41) is 13.4. The highest BCUT2D eigenvalue weighted by molar-refractivity contribution is 6.09. The lowest BCUT2D eigenvalue weighted by Gasteiger charge is -2.10. The second-order valence-corrected chi connectivity index (χ2v) is 5.42. The minimum atomic E-state index is -2.98. The van der Waals surface area contributed by atoms with Gasteiger partial charge in [0.25, 0.3) is 5.91 Å². The molecule has 8 nitrogen and oxygen atoms in total. The van der Waals surface area contributed by atoms with E-state index in [4.69, 9.17) is 0 Å². The van der Waals surface area contributed by atoms with Crippen LogP contribution in [0.1, 0.15) is 10.4 Å². The quantitative estimate of drug-likeness (QED) is 0.563. The maximum atomic E-state index is 12.7. The molecule has 136 valence electrons. The van der Waals surface area contributed by atoms with E-state index in [1.165, 1.54) is 23.0 Å². The van der Waals surface area contributed by atoms with E-state index in [9.17, 15) is 13.6 Å². The molecule has 4 rings (SSSR count). The zero-order valence-corrected chi connectivity index (χ0v) is 13.6. The monoisotopic (exact) mass is 370 g/mol. The van der Waals surface area contributed by atoms with Gasteiger partial charge in [0.05, 0.1) is 11.9 Å². The number of nitrogens with zero attached hydrogens (tertiary/aromatic N) is 4. The number of hydrogen-bond acceptors (Lipinski definition) is 5. The third kappa shape index (κ3) is 3.19. The third-order valence-electron chi connectivity index (χ3n) is 3.77. The summed E-state index contributed by atoms with van der Waals surface area (Å²) >= 11 is 0. The predicted octanol–water partition coefficient (Wildman–Crippen LogP) is 2.97. The average molecular weight is 370 g/mol. The Morgan fingerprint density at radius 3 is 2.96 bits per heavy atom. The number of ether oxygens (including phenoxy) is 1. The first-order valence-corrected chi connectivity index (χ1v) is 7.81. The Morgan fingerprint density at radius 2 is 2.11 bits per heavy atom. The highest BCUT2D eigenvalue weighted by atomic mass is 19.3. The minimum Gasteiger partial charge on any atom is -0.434 e. The van der Waals surface area contributed by atoms with Gasteiger partial charge in [0.2, 0.25) is 0 Å². The van der Waals surface area contributed by atoms with E-state index in [1.54, 1.807) is 36.7 Å². The zero-order chi connectivity index (χ0) is 18.8. The summed E-state index contributed by atoms with van der Waals surface area (Å²) in [5.74, 6) is -0.508. The highest BCUT2D eigenvalue weighted by Gasteiger charge is 2.19. The Morgan fingerprint density at radius 1 is 1.26 bits per heavy atom. The normalized spacial score (nSPS) is 11.1. The third-order valence-corrected chi connectivity index (χ3v) is 3.77. The number of para-hydroxylation sites is 1. The first-order valence-electron chi connectivity index (χ1n) is 7.81. The van der Waals surface area contributed by atoms with Crippen LogP contribution in [0.4, 0.5) is 14.5 Å². The predicted molar refractivity (Wildman–Crippen MR) is 91.6 cm³/mol. The molecule has 1 aromatic carbocycles. The van der Waals surface area contributed by atoms with Crippen LogP contribution in [0, 0.1) is 0 Å². The van der Waals surface area contributed by atoms with Crippen LogP contribution in [-0.2, 0) is 0 Å². The van der Waals surface area contributed by atoms with Crippen LogP contribution < -0.4 is 10.1 Å². The number of alkyl halides is 2. The summed E-state index contributed by atoms with van der Waals surface area (Å²) in [6, 6.07) is 7.88. The van der Waals surface area contributed by atoms with Crippen LogP contribution in [-0.4, -0.2) is 37.3 Å². The Kier molecular flexibility index (Phi) is 4.21. The summed E-state index contributed by atoms with van der Waals surface area (Å²) in [6.45, 7) is -2.98. The van der Waals surface area contributed by atoms with Crippen molar-refractivity contribution in [3.8, 4) is 17.0 Å². The maximum absolute atomic E-state index is 12.7. The van der Waals surface area contributed by atoms with E-state index < -0.39 is 12.5 Å². The first kappa shape index (κ1) is 16.6. The summed E-state index contributed by atoms with van der Waals surface area (Å²) in [4.78, 5) is 16.8. The van der Waals surface area contributed by atoms with E-state index in [0.717, 1.165) is 0 Å². The Bertz CT molecular complexity index is 1110. The Balaban J connectivity index is 1.66. The lowest BCUT2D eigenvalue weighted by Crippen LogP contribution is -2.12. The molecule has 1 amide bonds. The van der Waals surface area contributed by atoms with Crippen molar-refractivity contribution in [1.82, 2.24) is 24.8 Å². The second kappa shape index (κ2) is 6.83. The van der Waals surface area contributed by atoms with Crippen molar-refractivity contribution < 1.29 is 18.3 Å². The number of benzene rings is 1. The molecule has 4 aromatic rings. The SMILES string of the molecule is O=C(Nc1c[nH]nc1-c1ccccc1OC(F)F)c1cnn2cccnc12. The molecule has 10 heteroatoms. The van der Waals surface area contributed by atoms with Gasteiger partial charge in [-0.2, -0.15) is 19.0 Å². The smallest absolute Gasteiger partial charge is 0.387 e. The number of aromatic nitrogens is 5. The van der Waals surface area contributed by atoms with Crippen molar-refractivity contribution in [1.29, 1.82) is 0 Å². The number of carbonyl (C=O) groups is 1. The summed E-state index contributed by atoms with van der Waals surface area (Å²) in [7, 11) is 0. The lowest BCUT2D eigenvalue weighted by molar-refractivity contribution is -0.0494. The van der Waals surface area contributed by atoms with E-state index in [-0.39, 0.29) is 17.0 Å². The Labute approximate surface area is 150 Å². The van der Waals surface area contributed by atoms with E-state index in [2.05, 4.69) is 30.3 Å². The molecule has 0 saturated carbocycles. The van der Waals surface area contributed by atoms with E-state index >= 15 is 0 Å². The van der Waals surface area contributed by atoms with E-state index in [1.807, 2.05) is 0 Å². The van der Waals surface area contributed by atoms with Crippen LogP contribution in [0.15, 0.2) is 55.1 Å². The number of amides is 1. The first-order chi connectivity index (χ1) is 13.1. The van der Waals surface area contributed by atoms with Gasteiger partial charge in [-0.1, -0.05) is 12.1 Å². The van der Waals surface area contributed by atoms with Gasteiger partial charge in [0.15, 0.2) is 5.65 Å². The molecule has 0 bridgehead atoms.